The Labute approximate surface area is 110 Å². The monoisotopic (exact) mass is 252 g/mol. The van der Waals surface area contributed by atoms with Crippen molar-refractivity contribution in [2.75, 3.05) is 25.0 Å². The van der Waals surface area contributed by atoms with E-state index in [2.05, 4.69) is 31.1 Å². The molecule has 0 spiro atoms. The molecule has 0 atom stereocenters. The van der Waals surface area contributed by atoms with Crippen molar-refractivity contribution in [1.29, 1.82) is 0 Å². The molecule has 0 aliphatic heterocycles. The van der Waals surface area contributed by atoms with Crippen LogP contribution in [-0.2, 0) is 6.54 Å². The normalized spacial score (nSPS) is 10.7. The molecule has 0 aliphatic rings. The summed E-state index contributed by atoms with van der Waals surface area (Å²) in [5.74, 6) is -0.159. The van der Waals surface area contributed by atoms with Crippen molar-refractivity contribution >= 4 is 5.69 Å². The second kappa shape index (κ2) is 8.09. The van der Waals surface area contributed by atoms with Gasteiger partial charge in [0.05, 0.1) is 0 Å². The van der Waals surface area contributed by atoms with E-state index in [4.69, 9.17) is 0 Å². The molecule has 18 heavy (non-hydrogen) atoms. The van der Waals surface area contributed by atoms with Gasteiger partial charge in [0.1, 0.15) is 5.82 Å². The van der Waals surface area contributed by atoms with Crippen LogP contribution in [0.25, 0.3) is 0 Å². The molecule has 0 saturated carbocycles. The molecule has 1 aromatic rings. The molecule has 0 bridgehead atoms. The van der Waals surface area contributed by atoms with Gasteiger partial charge in [-0.15, -0.1) is 0 Å². The van der Waals surface area contributed by atoms with E-state index >= 15 is 0 Å². The zero-order valence-electron chi connectivity index (χ0n) is 11.8. The van der Waals surface area contributed by atoms with Crippen LogP contribution >= 0.6 is 0 Å². The van der Waals surface area contributed by atoms with Gasteiger partial charge in [-0.3, -0.25) is 0 Å². The second-order valence-corrected chi connectivity index (χ2v) is 4.68. The van der Waals surface area contributed by atoms with Gasteiger partial charge >= 0.3 is 0 Å². The smallest absolute Gasteiger partial charge is 0.123 e. The quantitative estimate of drug-likeness (QED) is 0.712. The van der Waals surface area contributed by atoms with Gasteiger partial charge in [-0.1, -0.05) is 26.7 Å². The molecule has 0 aromatic heterocycles. The molecule has 1 rings (SSSR count). The molecule has 0 fully saturated rings. The number of halogens is 1. The van der Waals surface area contributed by atoms with E-state index in [0.29, 0.717) is 0 Å². The Balaban J connectivity index is 2.72. The zero-order valence-corrected chi connectivity index (χ0v) is 11.8. The molecular formula is C15H25FN2. The van der Waals surface area contributed by atoms with Crippen molar-refractivity contribution in [3.63, 3.8) is 0 Å². The lowest BCUT2D eigenvalue weighted by Gasteiger charge is -2.22. The summed E-state index contributed by atoms with van der Waals surface area (Å²) in [6, 6.07) is 5.06. The van der Waals surface area contributed by atoms with Gasteiger partial charge in [0.25, 0.3) is 0 Å². The lowest BCUT2D eigenvalue weighted by Crippen LogP contribution is -2.22. The Kier molecular flexibility index (Phi) is 6.73. The largest absolute Gasteiger partial charge is 0.374 e. The topological polar surface area (TPSA) is 15.3 Å². The maximum absolute atomic E-state index is 13.3. The van der Waals surface area contributed by atoms with Gasteiger partial charge in [0, 0.05) is 25.8 Å². The van der Waals surface area contributed by atoms with E-state index in [-0.39, 0.29) is 5.82 Å². The van der Waals surface area contributed by atoms with Gasteiger partial charge in [0.15, 0.2) is 0 Å². The van der Waals surface area contributed by atoms with E-state index < -0.39 is 0 Å². The molecule has 0 saturated heterocycles. The van der Waals surface area contributed by atoms with Gasteiger partial charge in [-0.25, -0.2) is 4.39 Å². The van der Waals surface area contributed by atoms with Crippen LogP contribution < -0.4 is 10.2 Å². The number of nitrogens with one attached hydrogen (secondary N) is 1. The fourth-order valence-corrected chi connectivity index (χ4v) is 2.05. The first-order chi connectivity index (χ1) is 8.69. The summed E-state index contributed by atoms with van der Waals surface area (Å²) < 4.78 is 13.3. The van der Waals surface area contributed by atoms with Crippen molar-refractivity contribution in [3.05, 3.63) is 29.6 Å². The van der Waals surface area contributed by atoms with Crippen LogP contribution in [0.1, 0.15) is 38.7 Å². The van der Waals surface area contributed by atoms with Crippen LogP contribution in [0.5, 0.6) is 0 Å². The average Bonchev–Trinajstić information content (AvgIpc) is 2.36. The molecule has 2 nitrogen and oxygen atoms in total. The lowest BCUT2D eigenvalue weighted by atomic mass is 10.1. The Hall–Kier alpha value is -1.09. The third kappa shape index (κ3) is 4.65. The summed E-state index contributed by atoms with van der Waals surface area (Å²) >= 11 is 0. The van der Waals surface area contributed by atoms with Crippen LogP contribution in [0, 0.1) is 5.82 Å². The molecule has 3 heteroatoms. The Morgan fingerprint density at radius 1 is 1.22 bits per heavy atom. The van der Waals surface area contributed by atoms with Crippen molar-refractivity contribution in [3.8, 4) is 0 Å². The number of rotatable bonds is 8. The van der Waals surface area contributed by atoms with Crippen LogP contribution in [0.15, 0.2) is 18.2 Å². The standard InChI is InChI=1S/C15H25FN2/c1-4-6-7-10-18(3)15-9-8-14(16)11-13(15)12-17-5-2/h8-9,11,17H,4-7,10,12H2,1-3H3. The summed E-state index contributed by atoms with van der Waals surface area (Å²) in [7, 11) is 2.08. The molecule has 0 unspecified atom stereocenters. The maximum Gasteiger partial charge on any atom is 0.123 e. The highest BCUT2D eigenvalue weighted by molar-refractivity contribution is 5.53. The molecule has 0 amide bonds. The summed E-state index contributed by atoms with van der Waals surface area (Å²) in [5.41, 5.74) is 2.17. The van der Waals surface area contributed by atoms with Crippen molar-refractivity contribution in [1.82, 2.24) is 5.32 Å². The third-order valence-corrected chi connectivity index (χ3v) is 3.12. The summed E-state index contributed by atoms with van der Waals surface area (Å²) in [6.07, 6.45) is 3.65. The van der Waals surface area contributed by atoms with Gasteiger partial charge in [-0.2, -0.15) is 0 Å². The highest BCUT2D eigenvalue weighted by Crippen LogP contribution is 2.21. The predicted molar refractivity (Wildman–Crippen MR) is 76.6 cm³/mol. The van der Waals surface area contributed by atoms with Gasteiger partial charge in [0.2, 0.25) is 0 Å². The van der Waals surface area contributed by atoms with Crippen molar-refractivity contribution < 1.29 is 4.39 Å². The predicted octanol–water partition coefficient (Wildman–Crippen LogP) is 3.56. The lowest BCUT2D eigenvalue weighted by molar-refractivity contribution is 0.620. The first-order valence-electron chi connectivity index (χ1n) is 6.89. The Bertz CT molecular complexity index is 352. The van der Waals surface area contributed by atoms with Crippen molar-refractivity contribution in [2.45, 2.75) is 39.7 Å². The van der Waals surface area contributed by atoms with E-state index in [9.17, 15) is 4.39 Å². The highest BCUT2D eigenvalue weighted by Gasteiger charge is 2.08. The Morgan fingerprint density at radius 2 is 2.00 bits per heavy atom. The molecule has 0 heterocycles. The Morgan fingerprint density at radius 3 is 2.67 bits per heavy atom. The molecule has 102 valence electrons. The van der Waals surface area contributed by atoms with E-state index in [0.717, 1.165) is 30.9 Å². The zero-order chi connectivity index (χ0) is 13.4. The first kappa shape index (κ1) is 15.0. The fourth-order valence-electron chi connectivity index (χ4n) is 2.05. The van der Waals surface area contributed by atoms with E-state index in [1.807, 2.05) is 6.07 Å². The van der Waals surface area contributed by atoms with E-state index in [1.54, 1.807) is 12.1 Å². The number of benzene rings is 1. The van der Waals surface area contributed by atoms with Crippen LogP contribution in [0.3, 0.4) is 0 Å². The number of hydrogen-bond donors (Lipinski definition) is 1. The highest BCUT2D eigenvalue weighted by atomic mass is 19.1. The fraction of sp³-hybridized carbons (Fsp3) is 0.600. The summed E-state index contributed by atoms with van der Waals surface area (Å²) in [4.78, 5) is 2.22. The molecule has 0 radical (unpaired) electrons. The first-order valence-corrected chi connectivity index (χ1v) is 6.89. The molecule has 1 N–H and O–H groups in total. The van der Waals surface area contributed by atoms with Crippen LogP contribution in [0.2, 0.25) is 0 Å². The SMILES string of the molecule is CCCCCN(C)c1ccc(F)cc1CNCC. The summed E-state index contributed by atoms with van der Waals surface area (Å²) in [5, 5.41) is 3.26. The second-order valence-electron chi connectivity index (χ2n) is 4.68. The van der Waals surface area contributed by atoms with Gasteiger partial charge in [-0.05, 0) is 36.7 Å². The van der Waals surface area contributed by atoms with Crippen molar-refractivity contribution in [2.24, 2.45) is 0 Å². The van der Waals surface area contributed by atoms with Crippen LogP contribution in [0.4, 0.5) is 10.1 Å². The van der Waals surface area contributed by atoms with Crippen LogP contribution in [-0.4, -0.2) is 20.1 Å². The third-order valence-electron chi connectivity index (χ3n) is 3.12. The molecule has 0 aliphatic carbocycles. The number of unbranched alkanes of at least 4 members (excludes halogenated alkanes) is 2. The average molecular weight is 252 g/mol. The molecular weight excluding hydrogens is 227 g/mol. The maximum atomic E-state index is 13.3. The minimum absolute atomic E-state index is 0.159. The number of nitrogens with zero attached hydrogens (tertiary/aromatic N) is 1. The summed E-state index contributed by atoms with van der Waals surface area (Å²) in [6.45, 7) is 6.91. The van der Waals surface area contributed by atoms with E-state index in [1.165, 1.54) is 19.3 Å². The van der Waals surface area contributed by atoms with Gasteiger partial charge < -0.3 is 10.2 Å². The minimum atomic E-state index is -0.159. The number of hydrogen-bond acceptors (Lipinski definition) is 2. The molecule has 1 aromatic carbocycles. The minimum Gasteiger partial charge on any atom is -0.374 e. The number of anilines is 1.